The molecule has 0 aliphatic carbocycles. The summed E-state index contributed by atoms with van der Waals surface area (Å²) in [5.74, 6) is 1.03. The summed E-state index contributed by atoms with van der Waals surface area (Å²) in [5.41, 5.74) is 0. The van der Waals surface area contributed by atoms with Gasteiger partial charge in [-0.1, -0.05) is 27.7 Å². The van der Waals surface area contributed by atoms with Crippen LogP contribution in [0, 0.1) is 11.8 Å². The summed E-state index contributed by atoms with van der Waals surface area (Å²) in [5, 5.41) is 0. The lowest BCUT2D eigenvalue weighted by molar-refractivity contribution is -0.123. The Labute approximate surface area is 117 Å². The Bertz CT molecular complexity index is 214. The predicted octanol–water partition coefficient (Wildman–Crippen LogP) is 2.70. The van der Waals surface area contributed by atoms with E-state index in [0.29, 0.717) is 45.4 Å². The van der Waals surface area contributed by atoms with Crippen LogP contribution in [0.1, 0.15) is 40.5 Å². The maximum atomic E-state index is 11.3. The summed E-state index contributed by atoms with van der Waals surface area (Å²) < 4.78 is 16.1. The number of Topliss-reactive ketones (excluding diaryl/α,β-unsaturated/α-hetero) is 1. The first-order valence-electron chi connectivity index (χ1n) is 7.30. The van der Waals surface area contributed by atoms with Crippen LogP contribution >= 0.6 is 0 Å². The van der Waals surface area contributed by atoms with Crippen LogP contribution in [0.5, 0.6) is 0 Å². The van der Waals surface area contributed by atoms with E-state index < -0.39 is 0 Å². The Morgan fingerprint density at radius 1 is 0.789 bits per heavy atom. The van der Waals surface area contributed by atoms with E-state index in [1.54, 1.807) is 0 Å². The molecule has 0 aromatic rings. The molecule has 0 N–H and O–H groups in total. The molecule has 0 amide bonds. The van der Waals surface area contributed by atoms with Gasteiger partial charge in [-0.3, -0.25) is 4.79 Å². The van der Waals surface area contributed by atoms with Gasteiger partial charge in [-0.15, -0.1) is 0 Å². The van der Waals surface area contributed by atoms with Gasteiger partial charge in [0.1, 0.15) is 5.78 Å². The number of carbonyl (C=O) groups excluding carboxylic acids is 1. The van der Waals surface area contributed by atoms with Gasteiger partial charge in [-0.25, -0.2) is 0 Å². The first kappa shape index (κ1) is 18.6. The third-order valence-corrected chi connectivity index (χ3v) is 2.72. The van der Waals surface area contributed by atoms with Crippen molar-refractivity contribution in [3.05, 3.63) is 0 Å². The second-order valence-corrected chi connectivity index (χ2v) is 5.39. The number of ether oxygens (including phenoxy) is 3. The Morgan fingerprint density at radius 2 is 1.26 bits per heavy atom. The molecule has 0 saturated heterocycles. The van der Waals surface area contributed by atoms with Gasteiger partial charge in [0.15, 0.2) is 0 Å². The topological polar surface area (TPSA) is 44.8 Å². The summed E-state index contributed by atoms with van der Waals surface area (Å²) in [4.78, 5) is 11.3. The molecule has 0 atom stereocenters. The lowest BCUT2D eigenvalue weighted by Crippen LogP contribution is -2.13. The zero-order valence-corrected chi connectivity index (χ0v) is 12.9. The van der Waals surface area contributed by atoms with E-state index in [1.807, 2.05) is 13.8 Å². The van der Waals surface area contributed by atoms with Gasteiger partial charge in [-0.05, 0) is 12.3 Å². The molecule has 0 bridgehead atoms. The summed E-state index contributed by atoms with van der Waals surface area (Å²) in [7, 11) is 0. The van der Waals surface area contributed by atoms with Gasteiger partial charge in [0.2, 0.25) is 0 Å². The van der Waals surface area contributed by atoms with Crippen LogP contribution in [0.15, 0.2) is 0 Å². The summed E-state index contributed by atoms with van der Waals surface area (Å²) in [6.07, 6.45) is 1.59. The molecular weight excluding hydrogens is 244 g/mol. The normalized spacial score (nSPS) is 11.5. The average molecular weight is 274 g/mol. The van der Waals surface area contributed by atoms with Crippen molar-refractivity contribution in [2.24, 2.45) is 11.8 Å². The van der Waals surface area contributed by atoms with Gasteiger partial charge in [0, 0.05) is 18.9 Å². The van der Waals surface area contributed by atoms with Gasteiger partial charge in [0.25, 0.3) is 0 Å². The highest BCUT2D eigenvalue weighted by atomic mass is 16.5. The fraction of sp³-hybridized carbons (Fsp3) is 0.933. The standard InChI is InChI=1S/C15H30O4/c1-13(2)5-7-17-9-11-19-12-10-18-8-6-15(16)14(3)4/h13-14H,5-12H2,1-4H3. The number of ketones is 1. The summed E-state index contributed by atoms with van der Waals surface area (Å²) >= 11 is 0. The molecular formula is C15H30O4. The van der Waals surface area contributed by atoms with Crippen molar-refractivity contribution >= 4 is 5.78 Å². The van der Waals surface area contributed by atoms with Gasteiger partial charge >= 0.3 is 0 Å². The van der Waals surface area contributed by atoms with E-state index in [-0.39, 0.29) is 11.7 Å². The molecule has 114 valence electrons. The second kappa shape index (κ2) is 12.6. The highest BCUT2D eigenvalue weighted by Crippen LogP contribution is 1.99. The number of hydrogen-bond acceptors (Lipinski definition) is 4. The highest BCUT2D eigenvalue weighted by molar-refractivity contribution is 5.80. The third kappa shape index (κ3) is 13.8. The number of carbonyl (C=O) groups is 1. The molecule has 0 spiro atoms. The highest BCUT2D eigenvalue weighted by Gasteiger charge is 2.05. The minimum Gasteiger partial charge on any atom is -0.379 e. The zero-order chi connectivity index (χ0) is 14.5. The molecule has 0 unspecified atom stereocenters. The molecule has 0 aliphatic heterocycles. The van der Waals surface area contributed by atoms with Crippen molar-refractivity contribution in [3.63, 3.8) is 0 Å². The second-order valence-electron chi connectivity index (χ2n) is 5.39. The molecule has 0 aromatic heterocycles. The first-order valence-corrected chi connectivity index (χ1v) is 7.30. The maximum absolute atomic E-state index is 11.3. The average Bonchev–Trinajstić information content (AvgIpc) is 2.35. The van der Waals surface area contributed by atoms with E-state index in [1.165, 1.54) is 0 Å². The Hall–Kier alpha value is -0.450. The molecule has 19 heavy (non-hydrogen) atoms. The van der Waals surface area contributed by atoms with Crippen molar-refractivity contribution in [3.8, 4) is 0 Å². The van der Waals surface area contributed by atoms with E-state index >= 15 is 0 Å². The van der Waals surface area contributed by atoms with E-state index in [2.05, 4.69) is 13.8 Å². The van der Waals surface area contributed by atoms with Crippen molar-refractivity contribution in [2.75, 3.05) is 39.6 Å². The van der Waals surface area contributed by atoms with Crippen LogP contribution in [0.4, 0.5) is 0 Å². The largest absolute Gasteiger partial charge is 0.379 e. The Kier molecular flexibility index (Phi) is 12.3. The van der Waals surface area contributed by atoms with Crippen molar-refractivity contribution in [2.45, 2.75) is 40.5 Å². The van der Waals surface area contributed by atoms with Crippen LogP contribution in [0.2, 0.25) is 0 Å². The molecule has 0 radical (unpaired) electrons. The molecule has 0 aliphatic rings. The van der Waals surface area contributed by atoms with Crippen LogP contribution in [0.3, 0.4) is 0 Å². The van der Waals surface area contributed by atoms with Gasteiger partial charge < -0.3 is 14.2 Å². The third-order valence-electron chi connectivity index (χ3n) is 2.72. The minimum atomic E-state index is 0.0998. The molecule has 4 heteroatoms. The maximum Gasteiger partial charge on any atom is 0.137 e. The van der Waals surface area contributed by atoms with Crippen LogP contribution in [-0.4, -0.2) is 45.4 Å². The fourth-order valence-corrected chi connectivity index (χ4v) is 1.32. The number of hydrogen-bond donors (Lipinski definition) is 0. The molecule has 0 fully saturated rings. The SMILES string of the molecule is CC(C)CCOCCOCCOCCC(=O)C(C)C. The predicted molar refractivity (Wildman–Crippen MR) is 76.4 cm³/mol. The smallest absolute Gasteiger partial charge is 0.137 e. The fourth-order valence-electron chi connectivity index (χ4n) is 1.32. The van der Waals surface area contributed by atoms with Crippen molar-refractivity contribution < 1.29 is 19.0 Å². The lowest BCUT2D eigenvalue weighted by atomic mass is 10.1. The zero-order valence-electron chi connectivity index (χ0n) is 12.9. The Balaban J connectivity index is 3.09. The quantitative estimate of drug-likeness (QED) is 0.484. The molecule has 0 rings (SSSR count). The first-order chi connectivity index (χ1) is 9.04. The monoisotopic (exact) mass is 274 g/mol. The van der Waals surface area contributed by atoms with Crippen molar-refractivity contribution in [1.29, 1.82) is 0 Å². The van der Waals surface area contributed by atoms with Crippen LogP contribution in [0.25, 0.3) is 0 Å². The van der Waals surface area contributed by atoms with Gasteiger partial charge in [-0.2, -0.15) is 0 Å². The van der Waals surface area contributed by atoms with Crippen LogP contribution in [-0.2, 0) is 19.0 Å². The van der Waals surface area contributed by atoms with Crippen molar-refractivity contribution in [1.82, 2.24) is 0 Å². The van der Waals surface area contributed by atoms with E-state index in [9.17, 15) is 4.79 Å². The lowest BCUT2D eigenvalue weighted by Gasteiger charge is -2.08. The van der Waals surface area contributed by atoms with Gasteiger partial charge in [0.05, 0.1) is 33.0 Å². The molecule has 0 aromatic carbocycles. The molecule has 0 saturated carbocycles. The minimum absolute atomic E-state index is 0.0998. The van der Waals surface area contributed by atoms with E-state index in [4.69, 9.17) is 14.2 Å². The van der Waals surface area contributed by atoms with Crippen LogP contribution < -0.4 is 0 Å². The Morgan fingerprint density at radius 3 is 1.74 bits per heavy atom. The summed E-state index contributed by atoms with van der Waals surface area (Å²) in [6.45, 7) is 11.8. The molecule has 0 heterocycles. The van der Waals surface area contributed by atoms with E-state index in [0.717, 1.165) is 13.0 Å². The number of rotatable bonds is 13. The summed E-state index contributed by atoms with van der Waals surface area (Å²) in [6, 6.07) is 0. The molecule has 4 nitrogen and oxygen atoms in total.